The summed E-state index contributed by atoms with van der Waals surface area (Å²) in [7, 11) is 0. The molecule has 1 fully saturated rings. The fourth-order valence-electron chi connectivity index (χ4n) is 3.67. The lowest BCUT2D eigenvalue weighted by Crippen LogP contribution is -2.51. The van der Waals surface area contributed by atoms with Gasteiger partial charge in [-0.05, 0) is 49.5 Å². The van der Waals surface area contributed by atoms with E-state index < -0.39 is 5.97 Å². The molecule has 0 bridgehead atoms. The Hall–Kier alpha value is -0.830. The van der Waals surface area contributed by atoms with Gasteiger partial charge in [-0.25, -0.2) is 0 Å². The van der Waals surface area contributed by atoms with Crippen molar-refractivity contribution in [2.75, 3.05) is 6.54 Å². The largest absolute Gasteiger partial charge is 0.481 e. The maximum Gasteiger partial charge on any atom is 0.303 e. The molecule has 3 atom stereocenters. The maximum atomic E-state index is 10.9. The van der Waals surface area contributed by atoms with E-state index in [9.17, 15) is 4.79 Å². The molecule has 96 valence electrons. The first-order valence-electron chi connectivity index (χ1n) is 6.72. The first kappa shape index (κ1) is 12.6. The average molecular weight is 237 g/mol. The minimum absolute atomic E-state index is 0.134. The van der Waals surface area contributed by atoms with Gasteiger partial charge in [-0.2, -0.15) is 0 Å². The SMILES string of the molecule is CCCCC1=CC2[C@H](C1)C[C@@]2(CN)CC(=O)O. The highest BCUT2D eigenvalue weighted by atomic mass is 16.4. The van der Waals surface area contributed by atoms with Gasteiger partial charge in [0.15, 0.2) is 0 Å². The molecule has 3 nitrogen and oxygen atoms in total. The summed E-state index contributed by atoms with van der Waals surface area (Å²) in [5.41, 5.74) is 7.24. The lowest BCUT2D eigenvalue weighted by Gasteiger charge is -2.51. The van der Waals surface area contributed by atoms with Crippen molar-refractivity contribution in [3.05, 3.63) is 11.6 Å². The third-order valence-electron chi connectivity index (χ3n) is 4.58. The first-order chi connectivity index (χ1) is 8.11. The van der Waals surface area contributed by atoms with E-state index >= 15 is 0 Å². The van der Waals surface area contributed by atoms with Crippen molar-refractivity contribution in [3.8, 4) is 0 Å². The third kappa shape index (κ3) is 2.25. The molecule has 0 amide bonds. The average Bonchev–Trinajstić information content (AvgIpc) is 2.61. The maximum absolute atomic E-state index is 10.9. The summed E-state index contributed by atoms with van der Waals surface area (Å²) < 4.78 is 0. The fraction of sp³-hybridized carbons (Fsp3) is 0.786. The van der Waals surface area contributed by atoms with Crippen molar-refractivity contribution in [2.24, 2.45) is 23.0 Å². The fourth-order valence-corrected chi connectivity index (χ4v) is 3.67. The van der Waals surface area contributed by atoms with E-state index in [1.165, 1.54) is 25.7 Å². The van der Waals surface area contributed by atoms with Gasteiger partial charge in [-0.1, -0.05) is 25.0 Å². The Balaban J connectivity index is 2.01. The van der Waals surface area contributed by atoms with Crippen LogP contribution in [0.4, 0.5) is 0 Å². The van der Waals surface area contributed by atoms with Crippen LogP contribution >= 0.6 is 0 Å². The van der Waals surface area contributed by atoms with Gasteiger partial charge in [0.1, 0.15) is 0 Å². The van der Waals surface area contributed by atoms with Crippen LogP contribution in [0, 0.1) is 17.3 Å². The predicted molar refractivity (Wildman–Crippen MR) is 67.6 cm³/mol. The van der Waals surface area contributed by atoms with Crippen LogP contribution in [-0.4, -0.2) is 17.6 Å². The summed E-state index contributed by atoms with van der Waals surface area (Å²) in [5, 5.41) is 9.00. The second-order valence-electron chi connectivity index (χ2n) is 5.76. The van der Waals surface area contributed by atoms with E-state index in [2.05, 4.69) is 13.0 Å². The molecule has 0 aliphatic heterocycles. The van der Waals surface area contributed by atoms with Crippen LogP contribution in [0.2, 0.25) is 0 Å². The smallest absolute Gasteiger partial charge is 0.303 e. The highest BCUT2D eigenvalue weighted by Gasteiger charge is 2.54. The normalized spacial score (nSPS) is 35.1. The minimum atomic E-state index is -0.704. The molecule has 3 heteroatoms. The molecule has 0 spiro atoms. The molecule has 1 unspecified atom stereocenters. The summed E-state index contributed by atoms with van der Waals surface area (Å²) >= 11 is 0. The van der Waals surface area contributed by atoms with Gasteiger partial charge >= 0.3 is 5.97 Å². The van der Waals surface area contributed by atoms with Crippen LogP contribution < -0.4 is 5.73 Å². The molecule has 2 aliphatic rings. The van der Waals surface area contributed by atoms with Gasteiger partial charge in [0.05, 0.1) is 6.42 Å². The Bertz CT molecular complexity index is 337. The Morgan fingerprint density at radius 2 is 2.41 bits per heavy atom. The number of allylic oxidation sites excluding steroid dienone is 2. The zero-order valence-electron chi connectivity index (χ0n) is 10.6. The monoisotopic (exact) mass is 237 g/mol. The standard InChI is InChI=1S/C14H23NO2/c1-2-3-4-10-5-11-7-14(9-15,8-13(16)17)12(11)6-10/h6,11-12H,2-5,7-9,15H2,1H3,(H,16,17)/t11-,12?,14+/m1/s1. The lowest BCUT2D eigenvalue weighted by molar-refractivity contribution is -0.144. The molecule has 0 heterocycles. The Labute approximate surface area is 103 Å². The highest BCUT2D eigenvalue weighted by Crippen LogP contribution is 2.59. The van der Waals surface area contributed by atoms with Crippen LogP contribution in [0.3, 0.4) is 0 Å². The van der Waals surface area contributed by atoms with E-state index in [-0.39, 0.29) is 11.8 Å². The van der Waals surface area contributed by atoms with Crippen molar-refractivity contribution in [2.45, 2.75) is 45.4 Å². The van der Waals surface area contributed by atoms with Crippen molar-refractivity contribution in [1.29, 1.82) is 0 Å². The van der Waals surface area contributed by atoms with Gasteiger partial charge in [0.2, 0.25) is 0 Å². The van der Waals surface area contributed by atoms with Crippen LogP contribution in [0.5, 0.6) is 0 Å². The zero-order chi connectivity index (χ0) is 12.5. The molecule has 2 rings (SSSR count). The van der Waals surface area contributed by atoms with Gasteiger partial charge < -0.3 is 10.8 Å². The number of carbonyl (C=O) groups is 1. The zero-order valence-corrected chi connectivity index (χ0v) is 10.6. The van der Waals surface area contributed by atoms with Crippen molar-refractivity contribution in [3.63, 3.8) is 0 Å². The highest BCUT2D eigenvalue weighted by molar-refractivity contribution is 5.68. The number of nitrogens with two attached hydrogens (primary N) is 1. The van der Waals surface area contributed by atoms with E-state index in [0.29, 0.717) is 18.4 Å². The summed E-state index contributed by atoms with van der Waals surface area (Å²) in [5.74, 6) is 0.421. The number of aliphatic carboxylic acids is 1. The number of hydrogen-bond acceptors (Lipinski definition) is 2. The Morgan fingerprint density at radius 3 is 3.00 bits per heavy atom. The molecule has 2 aliphatic carbocycles. The Morgan fingerprint density at radius 1 is 1.65 bits per heavy atom. The second-order valence-corrected chi connectivity index (χ2v) is 5.76. The molecule has 1 saturated carbocycles. The third-order valence-corrected chi connectivity index (χ3v) is 4.58. The number of hydrogen-bond donors (Lipinski definition) is 2. The number of fused-ring (bicyclic) bond motifs is 1. The predicted octanol–water partition coefficient (Wildman–Crippen LogP) is 2.56. The number of rotatable bonds is 6. The van der Waals surface area contributed by atoms with Crippen LogP contribution in [-0.2, 0) is 4.79 Å². The summed E-state index contributed by atoms with van der Waals surface area (Å²) in [4.78, 5) is 10.9. The molecule has 0 aromatic carbocycles. The number of carboxylic acids is 1. The van der Waals surface area contributed by atoms with Crippen molar-refractivity contribution < 1.29 is 9.90 Å². The van der Waals surface area contributed by atoms with Crippen LogP contribution in [0.25, 0.3) is 0 Å². The molecule has 0 aromatic rings. The minimum Gasteiger partial charge on any atom is -0.481 e. The molecule has 0 radical (unpaired) electrons. The topological polar surface area (TPSA) is 63.3 Å². The second kappa shape index (κ2) is 4.81. The van der Waals surface area contributed by atoms with Crippen molar-refractivity contribution >= 4 is 5.97 Å². The van der Waals surface area contributed by atoms with Crippen LogP contribution in [0.1, 0.15) is 45.4 Å². The molecule has 0 saturated heterocycles. The quantitative estimate of drug-likeness (QED) is 0.698. The number of carboxylic acid groups (broad SMARTS) is 1. The summed E-state index contributed by atoms with van der Waals surface area (Å²) in [6, 6.07) is 0. The lowest BCUT2D eigenvalue weighted by atomic mass is 9.53. The van der Waals surface area contributed by atoms with Crippen molar-refractivity contribution in [1.82, 2.24) is 0 Å². The molecular formula is C14H23NO2. The molecular weight excluding hydrogens is 214 g/mol. The van der Waals surface area contributed by atoms with E-state index in [1.807, 2.05) is 0 Å². The van der Waals surface area contributed by atoms with Gasteiger partial charge in [-0.3, -0.25) is 4.79 Å². The Kier molecular flexibility index (Phi) is 3.57. The van der Waals surface area contributed by atoms with E-state index in [1.54, 1.807) is 5.57 Å². The summed E-state index contributed by atoms with van der Waals surface area (Å²) in [6.07, 6.45) is 8.45. The molecule has 17 heavy (non-hydrogen) atoms. The van der Waals surface area contributed by atoms with E-state index in [0.717, 1.165) is 6.42 Å². The van der Waals surface area contributed by atoms with E-state index in [4.69, 9.17) is 10.8 Å². The molecule has 0 aromatic heterocycles. The van der Waals surface area contributed by atoms with Crippen LogP contribution in [0.15, 0.2) is 11.6 Å². The first-order valence-corrected chi connectivity index (χ1v) is 6.72. The summed E-state index contributed by atoms with van der Waals surface area (Å²) in [6.45, 7) is 2.72. The van der Waals surface area contributed by atoms with Gasteiger partial charge in [-0.15, -0.1) is 0 Å². The molecule has 3 N–H and O–H groups in total. The van der Waals surface area contributed by atoms with Gasteiger partial charge in [0.25, 0.3) is 0 Å². The number of unbranched alkanes of at least 4 members (excludes halogenated alkanes) is 1. The van der Waals surface area contributed by atoms with Gasteiger partial charge in [0, 0.05) is 0 Å².